The molecule has 1 amide bonds. The highest BCUT2D eigenvalue weighted by molar-refractivity contribution is 5.85. The van der Waals surface area contributed by atoms with Gasteiger partial charge in [0.05, 0.1) is 0 Å². The van der Waals surface area contributed by atoms with Crippen LogP contribution < -0.4 is 5.32 Å². The molecule has 1 fully saturated rings. The van der Waals surface area contributed by atoms with Gasteiger partial charge < -0.3 is 10.4 Å². The number of aliphatic carboxylic acids is 1. The molecule has 0 bridgehead atoms. The van der Waals surface area contributed by atoms with Crippen molar-refractivity contribution in [3.05, 3.63) is 0 Å². The van der Waals surface area contributed by atoms with Gasteiger partial charge in [0, 0.05) is 5.92 Å². The predicted octanol–water partition coefficient (Wildman–Crippen LogP) is 2.28. The van der Waals surface area contributed by atoms with Crippen LogP contribution in [0.15, 0.2) is 0 Å². The van der Waals surface area contributed by atoms with Gasteiger partial charge in [0.25, 0.3) is 0 Å². The number of amides is 1. The zero-order chi connectivity index (χ0) is 13.9. The monoisotopic (exact) mass is 255 g/mol. The quantitative estimate of drug-likeness (QED) is 0.810. The molecule has 0 aromatic carbocycles. The summed E-state index contributed by atoms with van der Waals surface area (Å²) < 4.78 is 0. The van der Waals surface area contributed by atoms with E-state index < -0.39 is 12.0 Å². The summed E-state index contributed by atoms with van der Waals surface area (Å²) in [4.78, 5) is 23.0. The molecule has 0 aliphatic heterocycles. The first-order valence-corrected chi connectivity index (χ1v) is 6.86. The van der Waals surface area contributed by atoms with Crippen molar-refractivity contribution in [2.75, 3.05) is 0 Å². The molecule has 1 rings (SSSR count). The van der Waals surface area contributed by atoms with E-state index in [4.69, 9.17) is 5.11 Å². The fraction of sp³-hybridized carbons (Fsp3) is 0.857. The van der Waals surface area contributed by atoms with Gasteiger partial charge in [-0.05, 0) is 37.5 Å². The van der Waals surface area contributed by atoms with E-state index in [0.29, 0.717) is 17.8 Å². The van der Waals surface area contributed by atoms with Crippen molar-refractivity contribution in [1.82, 2.24) is 5.32 Å². The highest BCUT2D eigenvalue weighted by atomic mass is 16.4. The van der Waals surface area contributed by atoms with E-state index in [9.17, 15) is 9.59 Å². The maximum atomic E-state index is 12.2. The molecule has 2 N–H and O–H groups in total. The third kappa shape index (κ3) is 3.72. The van der Waals surface area contributed by atoms with Gasteiger partial charge in [0.15, 0.2) is 0 Å². The van der Waals surface area contributed by atoms with Crippen LogP contribution in [0.1, 0.15) is 47.0 Å². The number of carboxylic acids is 1. The maximum Gasteiger partial charge on any atom is 0.325 e. The molecule has 4 nitrogen and oxygen atoms in total. The van der Waals surface area contributed by atoms with Crippen LogP contribution in [0.5, 0.6) is 0 Å². The van der Waals surface area contributed by atoms with E-state index >= 15 is 0 Å². The van der Waals surface area contributed by atoms with Crippen LogP contribution >= 0.6 is 0 Å². The van der Waals surface area contributed by atoms with E-state index in [1.165, 1.54) is 13.3 Å². The highest BCUT2D eigenvalue weighted by Gasteiger charge is 2.36. The van der Waals surface area contributed by atoms with Crippen LogP contribution in [0.3, 0.4) is 0 Å². The molecule has 0 heterocycles. The molecule has 4 heteroatoms. The van der Waals surface area contributed by atoms with Crippen LogP contribution in [0.2, 0.25) is 0 Å². The van der Waals surface area contributed by atoms with Gasteiger partial charge in [-0.3, -0.25) is 9.59 Å². The molecule has 0 aromatic rings. The Morgan fingerprint density at radius 1 is 1.22 bits per heavy atom. The maximum absolute atomic E-state index is 12.2. The van der Waals surface area contributed by atoms with Crippen LogP contribution in [0, 0.1) is 23.7 Å². The fourth-order valence-electron chi connectivity index (χ4n) is 2.89. The minimum atomic E-state index is -0.978. The molecule has 3 unspecified atom stereocenters. The summed E-state index contributed by atoms with van der Waals surface area (Å²) in [6.07, 6.45) is 3.11. The molecule has 0 spiro atoms. The molecule has 4 atom stereocenters. The Kier molecular flexibility index (Phi) is 5.17. The zero-order valence-corrected chi connectivity index (χ0v) is 11.8. The molecule has 0 radical (unpaired) electrons. The van der Waals surface area contributed by atoms with E-state index in [0.717, 1.165) is 12.8 Å². The molecule has 104 valence electrons. The summed E-state index contributed by atoms with van der Waals surface area (Å²) >= 11 is 0. The second-order valence-electron chi connectivity index (χ2n) is 6.00. The van der Waals surface area contributed by atoms with Crippen LogP contribution in [-0.4, -0.2) is 23.0 Å². The molecule has 1 aliphatic carbocycles. The van der Waals surface area contributed by atoms with Crippen molar-refractivity contribution in [1.29, 1.82) is 0 Å². The van der Waals surface area contributed by atoms with Crippen molar-refractivity contribution in [2.24, 2.45) is 23.7 Å². The lowest BCUT2D eigenvalue weighted by Crippen LogP contribution is -2.46. The van der Waals surface area contributed by atoms with Crippen molar-refractivity contribution in [2.45, 2.75) is 53.0 Å². The first-order chi connectivity index (χ1) is 8.32. The Morgan fingerprint density at radius 3 is 2.33 bits per heavy atom. The minimum Gasteiger partial charge on any atom is -0.480 e. The second-order valence-corrected chi connectivity index (χ2v) is 6.00. The lowest BCUT2D eigenvalue weighted by molar-refractivity contribution is -0.142. The number of nitrogens with one attached hydrogen (secondary N) is 1. The van der Waals surface area contributed by atoms with Gasteiger partial charge in [-0.15, -0.1) is 0 Å². The number of hydrogen-bond donors (Lipinski definition) is 2. The SMILES string of the molecule is CC1CCC(C(C)C)C(C(=O)N[C@H](C)C(=O)O)C1. The molecular formula is C14H25NO3. The lowest BCUT2D eigenvalue weighted by Gasteiger charge is -2.36. The lowest BCUT2D eigenvalue weighted by atomic mass is 9.69. The predicted molar refractivity (Wildman–Crippen MR) is 70.1 cm³/mol. The van der Waals surface area contributed by atoms with Crippen molar-refractivity contribution < 1.29 is 14.7 Å². The summed E-state index contributed by atoms with van der Waals surface area (Å²) in [5.41, 5.74) is 0. The summed E-state index contributed by atoms with van der Waals surface area (Å²) in [5.74, 6) is 0.297. The normalized spacial score (nSPS) is 29.9. The summed E-state index contributed by atoms with van der Waals surface area (Å²) in [6, 6.07) is -0.803. The van der Waals surface area contributed by atoms with Gasteiger partial charge >= 0.3 is 5.97 Å². The molecule has 1 saturated carbocycles. The van der Waals surface area contributed by atoms with Crippen molar-refractivity contribution in [3.63, 3.8) is 0 Å². The van der Waals surface area contributed by atoms with Crippen LogP contribution in [-0.2, 0) is 9.59 Å². The van der Waals surface area contributed by atoms with E-state index in [1.54, 1.807) is 0 Å². The Bertz CT molecular complexity index is 314. The van der Waals surface area contributed by atoms with Gasteiger partial charge in [-0.25, -0.2) is 0 Å². The smallest absolute Gasteiger partial charge is 0.325 e. The molecule has 18 heavy (non-hydrogen) atoms. The molecule has 1 aliphatic rings. The Morgan fingerprint density at radius 2 is 1.83 bits per heavy atom. The van der Waals surface area contributed by atoms with Gasteiger partial charge in [0.2, 0.25) is 5.91 Å². The number of carbonyl (C=O) groups excluding carboxylic acids is 1. The summed E-state index contributed by atoms with van der Waals surface area (Å²) in [6.45, 7) is 7.96. The van der Waals surface area contributed by atoms with Crippen LogP contribution in [0.25, 0.3) is 0 Å². The standard InChI is InChI=1S/C14H25NO3/c1-8(2)11-6-5-9(3)7-12(11)13(16)15-10(4)14(17)18/h8-12H,5-7H2,1-4H3,(H,15,16)(H,17,18)/t9?,10-,11?,12?/m1/s1. The Labute approximate surface area is 109 Å². The molecule has 0 saturated heterocycles. The first kappa shape index (κ1) is 15.0. The van der Waals surface area contributed by atoms with Crippen molar-refractivity contribution >= 4 is 11.9 Å². The first-order valence-electron chi connectivity index (χ1n) is 6.86. The molecular weight excluding hydrogens is 230 g/mol. The highest BCUT2D eigenvalue weighted by Crippen LogP contribution is 2.38. The van der Waals surface area contributed by atoms with E-state index in [-0.39, 0.29) is 11.8 Å². The zero-order valence-electron chi connectivity index (χ0n) is 11.8. The van der Waals surface area contributed by atoms with Gasteiger partial charge in [-0.2, -0.15) is 0 Å². The number of hydrogen-bond acceptors (Lipinski definition) is 2. The minimum absolute atomic E-state index is 0.0319. The Balaban J connectivity index is 2.69. The average Bonchev–Trinajstić information content (AvgIpc) is 2.28. The number of rotatable bonds is 4. The van der Waals surface area contributed by atoms with E-state index in [1.807, 2.05) is 0 Å². The third-order valence-corrected chi connectivity index (χ3v) is 4.09. The number of carbonyl (C=O) groups is 2. The van der Waals surface area contributed by atoms with Gasteiger partial charge in [-0.1, -0.05) is 27.2 Å². The summed E-state index contributed by atoms with van der Waals surface area (Å²) in [5, 5.41) is 11.5. The average molecular weight is 255 g/mol. The largest absolute Gasteiger partial charge is 0.480 e. The number of carboxylic acid groups (broad SMARTS) is 1. The summed E-state index contributed by atoms with van der Waals surface area (Å²) in [7, 11) is 0. The van der Waals surface area contributed by atoms with E-state index in [2.05, 4.69) is 26.1 Å². The van der Waals surface area contributed by atoms with Crippen LogP contribution in [0.4, 0.5) is 0 Å². The third-order valence-electron chi connectivity index (χ3n) is 4.09. The van der Waals surface area contributed by atoms with Gasteiger partial charge in [0.1, 0.15) is 6.04 Å². The van der Waals surface area contributed by atoms with Crippen molar-refractivity contribution in [3.8, 4) is 0 Å². The Hall–Kier alpha value is -1.06. The molecule has 0 aromatic heterocycles. The fourth-order valence-corrected chi connectivity index (χ4v) is 2.89. The second kappa shape index (κ2) is 6.21. The topological polar surface area (TPSA) is 66.4 Å².